The molecule has 146 valence electrons. The van der Waals surface area contributed by atoms with Gasteiger partial charge >= 0.3 is 0 Å². The first kappa shape index (κ1) is 17.8. The van der Waals surface area contributed by atoms with E-state index >= 15 is 0 Å². The van der Waals surface area contributed by atoms with Crippen LogP contribution in [0.3, 0.4) is 0 Å². The van der Waals surface area contributed by atoms with Crippen LogP contribution in [-0.2, 0) is 0 Å². The molecule has 8 heteroatoms. The summed E-state index contributed by atoms with van der Waals surface area (Å²) in [4.78, 5) is 23.0. The summed E-state index contributed by atoms with van der Waals surface area (Å²) >= 11 is 1.66. The van der Waals surface area contributed by atoms with Crippen LogP contribution in [0.2, 0.25) is 0 Å². The molecular formula is C21H20N6OS. The minimum atomic E-state index is 0.534. The van der Waals surface area contributed by atoms with Crippen molar-refractivity contribution in [2.24, 2.45) is 0 Å². The zero-order chi connectivity index (χ0) is 19.6. The topological polar surface area (TPSA) is 67.3 Å². The minimum absolute atomic E-state index is 0.534. The van der Waals surface area contributed by atoms with E-state index in [1.165, 1.54) is 0 Å². The number of hydrogen-bond donors (Lipinski definition) is 0. The molecule has 4 heterocycles. The van der Waals surface area contributed by atoms with Gasteiger partial charge in [0.05, 0.1) is 25.0 Å². The summed E-state index contributed by atoms with van der Waals surface area (Å²) in [5.74, 6) is 3.15. The Kier molecular flexibility index (Phi) is 4.69. The fourth-order valence-electron chi connectivity index (χ4n) is 3.56. The summed E-state index contributed by atoms with van der Waals surface area (Å²) in [5, 5.41) is 5.23. The van der Waals surface area contributed by atoms with E-state index in [-0.39, 0.29) is 0 Å². The number of thiophene rings is 1. The van der Waals surface area contributed by atoms with Gasteiger partial charge in [0.15, 0.2) is 11.6 Å². The number of fused-ring (bicyclic) bond motifs is 1. The van der Waals surface area contributed by atoms with Crippen molar-refractivity contribution in [1.29, 1.82) is 0 Å². The quantitative estimate of drug-likeness (QED) is 0.516. The number of rotatable bonds is 4. The number of piperazine rings is 1. The van der Waals surface area contributed by atoms with Crippen LogP contribution < -0.4 is 14.5 Å². The van der Waals surface area contributed by atoms with Crippen LogP contribution in [-0.4, -0.2) is 53.2 Å². The highest BCUT2D eigenvalue weighted by molar-refractivity contribution is 7.08. The lowest BCUT2D eigenvalue weighted by atomic mass is 10.2. The molecule has 1 aliphatic heterocycles. The van der Waals surface area contributed by atoms with E-state index < -0.39 is 0 Å². The maximum Gasteiger partial charge on any atom is 0.233 e. The van der Waals surface area contributed by atoms with E-state index in [4.69, 9.17) is 14.7 Å². The molecule has 4 aromatic rings. The van der Waals surface area contributed by atoms with Crippen LogP contribution in [0.25, 0.3) is 22.3 Å². The molecule has 5 rings (SSSR count). The Labute approximate surface area is 172 Å². The summed E-state index contributed by atoms with van der Waals surface area (Å²) < 4.78 is 5.21. The molecule has 0 aliphatic carbocycles. The van der Waals surface area contributed by atoms with Crippen molar-refractivity contribution in [3.05, 3.63) is 53.5 Å². The van der Waals surface area contributed by atoms with Crippen molar-refractivity contribution >= 4 is 33.9 Å². The Bertz CT molecular complexity index is 1130. The number of methoxy groups -OCH3 is 1. The van der Waals surface area contributed by atoms with Crippen LogP contribution in [0, 0.1) is 0 Å². The number of benzene rings is 1. The van der Waals surface area contributed by atoms with E-state index in [1.807, 2.05) is 12.1 Å². The number of anilines is 2. The largest absolute Gasteiger partial charge is 0.480 e. The molecule has 0 radical (unpaired) electrons. The molecule has 0 N–H and O–H groups in total. The molecule has 3 aromatic heterocycles. The van der Waals surface area contributed by atoms with Crippen LogP contribution >= 0.6 is 11.3 Å². The molecule has 29 heavy (non-hydrogen) atoms. The third-order valence-corrected chi connectivity index (χ3v) is 5.76. The Morgan fingerprint density at radius 3 is 2.55 bits per heavy atom. The first-order chi connectivity index (χ1) is 14.3. The highest BCUT2D eigenvalue weighted by Gasteiger charge is 2.22. The van der Waals surface area contributed by atoms with E-state index in [0.29, 0.717) is 5.88 Å². The second-order valence-electron chi connectivity index (χ2n) is 6.79. The van der Waals surface area contributed by atoms with E-state index in [9.17, 15) is 0 Å². The lowest BCUT2D eigenvalue weighted by Gasteiger charge is -2.36. The number of ether oxygens (including phenoxy) is 1. The number of aromatic nitrogens is 4. The first-order valence-electron chi connectivity index (χ1n) is 9.47. The monoisotopic (exact) mass is 404 g/mol. The molecule has 0 saturated carbocycles. The van der Waals surface area contributed by atoms with Crippen molar-refractivity contribution in [1.82, 2.24) is 19.9 Å². The van der Waals surface area contributed by atoms with Crippen molar-refractivity contribution in [2.75, 3.05) is 43.1 Å². The highest BCUT2D eigenvalue weighted by Crippen LogP contribution is 2.29. The Morgan fingerprint density at radius 1 is 0.931 bits per heavy atom. The average molecular weight is 404 g/mol. The van der Waals surface area contributed by atoms with Gasteiger partial charge in [0.1, 0.15) is 5.82 Å². The summed E-state index contributed by atoms with van der Waals surface area (Å²) in [6.45, 7) is 3.38. The zero-order valence-electron chi connectivity index (χ0n) is 16.0. The lowest BCUT2D eigenvalue weighted by molar-refractivity contribution is 0.395. The second kappa shape index (κ2) is 7.63. The first-order valence-corrected chi connectivity index (χ1v) is 10.4. The summed E-state index contributed by atoms with van der Waals surface area (Å²) in [6.07, 6.45) is 3.41. The second-order valence-corrected chi connectivity index (χ2v) is 7.57. The lowest BCUT2D eigenvalue weighted by Crippen LogP contribution is -2.47. The number of para-hydroxylation sites is 1. The third-order valence-electron chi connectivity index (χ3n) is 5.07. The normalized spacial score (nSPS) is 14.4. The van der Waals surface area contributed by atoms with Gasteiger partial charge in [0, 0.05) is 42.5 Å². The van der Waals surface area contributed by atoms with E-state index in [1.54, 1.807) is 30.8 Å². The Balaban J connectivity index is 1.44. The van der Waals surface area contributed by atoms with E-state index in [2.05, 4.69) is 48.7 Å². The van der Waals surface area contributed by atoms with Gasteiger partial charge in [-0.1, -0.05) is 12.1 Å². The molecule has 0 bridgehead atoms. The molecular weight excluding hydrogens is 384 g/mol. The third kappa shape index (κ3) is 3.47. The molecule has 7 nitrogen and oxygen atoms in total. The van der Waals surface area contributed by atoms with Crippen LogP contribution in [0.4, 0.5) is 11.6 Å². The Hall–Kier alpha value is -3.26. The van der Waals surface area contributed by atoms with Gasteiger partial charge in [-0.05, 0) is 23.6 Å². The molecule has 0 spiro atoms. The SMILES string of the molecule is COc1cncc(N2CCN(c3nc(-c4ccsc4)nc4ccccc34)CC2)n1. The highest BCUT2D eigenvalue weighted by atomic mass is 32.1. The van der Waals surface area contributed by atoms with Crippen molar-refractivity contribution in [3.63, 3.8) is 0 Å². The van der Waals surface area contributed by atoms with Gasteiger partial charge in [0.2, 0.25) is 5.88 Å². The van der Waals surface area contributed by atoms with E-state index in [0.717, 1.165) is 60.1 Å². The predicted octanol–water partition coefficient (Wildman–Crippen LogP) is 3.48. The molecule has 1 fully saturated rings. The maximum atomic E-state index is 5.21. The molecule has 0 amide bonds. The van der Waals surface area contributed by atoms with Crippen molar-refractivity contribution in [2.45, 2.75) is 0 Å². The fourth-order valence-corrected chi connectivity index (χ4v) is 4.19. The van der Waals surface area contributed by atoms with Gasteiger partial charge in [-0.3, -0.25) is 4.98 Å². The van der Waals surface area contributed by atoms with Crippen LogP contribution in [0.1, 0.15) is 0 Å². The number of nitrogens with zero attached hydrogens (tertiary/aromatic N) is 6. The molecule has 0 atom stereocenters. The summed E-state index contributed by atoms with van der Waals surface area (Å²) in [6, 6.07) is 10.3. The fraction of sp³-hybridized carbons (Fsp3) is 0.238. The molecule has 1 aromatic carbocycles. The van der Waals surface area contributed by atoms with Gasteiger partial charge in [-0.25, -0.2) is 9.97 Å². The standard InChI is InChI=1S/C21H20N6OS/c1-28-19-13-22-12-18(24-19)26-7-9-27(10-8-26)21-16-4-2-3-5-17(16)23-20(25-21)15-6-11-29-14-15/h2-6,11-14H,7-10H2,1H3. The smallest absolute Gasteiger partial charge is 0.233 e. The Morgan fingerprint density at radius 2 is 1.76 bits per heavy atom. The number of hydrogen-bond acceptors (Lipinski definition) is 8. The molecule has 0 unspecified atom stereocenters. The minimum Gasteiger partial charge on any atom is -0.480 e. The van der Waals surface area contributed by atoms with Gasteiger partial charge < -0.3 is 14.5 Å². The van der Waals surface area contributed by atoms with Crippen molar-refractivity contribution < 1.29 is 4.74 Å². The summed E-state index contributed by atoms with van der Waals surface area (Å²) in [7, 11) is 1.61. The van der Waals surface area contributed by atoms with Crippen LogP contribution in [0.5, 0.6) is 5.88 Å². The molecule has 1 aliphatic rings. The molecule has 1 saturated heterocycles. The van der Waals surface area contributed by atoms with Gasteiger partial charge in [-0.15, -0.1) is 0 Å². The van der Waals surface area contributed by atoms with Crippen molar-refractivity contribution in [3.8, 4) is 17.3 Å². The summed E-state index contributed by atoms with van der Waals surface area (Å²) in [5.41, 5.74) is 2.03. The van der Waals surface area contributed by atoms with Gasteiger partial charge in [0.25, 0.3) is 0 Å². The zero-order valence-corrected chi connectivity index (χ0v) is 16.8. The predicted molar refractivity (Wildman–Crippen MR) is 116 cm³/mol. The maximum absolute atomic E-state index is 5.21. The van der Waals surface area contributed by atoms with Gasteiger partial charge in [-0.2, -0.15) is 16.3 Å². The van der Waals surface area contributed by atoms with Crippen LogP contribution in [0.15, 0.2) is 53.5 Å². The average Bonchev–Trinajstić information content (AvgIpc) is 3.34.